The van der Waals surface area contributed by atoms with Crippen molar-refractivity contribution in [3.8, 4) is 0 Å². The van der Waals surface area contributed by atoms with E-state index in [4.69, 9.17) is 4.74 Å². The molecule has 1 amide bonds. The number of nitrogens with zero attached hydrogens (tertiary/aromatic N) is 2. The van der Waals surface area contributed by atoms with Crippen molar-refractivity contribution >= 4 is 28.6 Å². The number of aliphatic hydroxyl groups is 1. The molecule has 128 valence electrons. The number of carbonyl (C=O) groups is 2. The Morgan fingerprint density at radius 2 is 1.88 bits per heavy atom. The number of ether oxygens (including phenoxy) is 1. The van der Waals surface area contributed by atoms with Crippen molar-refractivity contribution < 1.29 is 19.4 Å². The Morgan fingerprint density at radius 1 is 1.16 bits per heavy atom. The molecule has 1 aromatic heterocycles. The highest BCUT2D eigenvalue weighted by atomic mass is 16.5. The number of fused-ring (bicyclic) bond motifs is 1. The van der Waals surface area contributed by atoms with Crippen LogP contribution in [0.1, 0.15) is 16.2 Å². The SMILES string of the molecule is COC(=O)c1ccccc1NC(=O)Cn1c(CO)nc2ccccc21. The molecule has 0 atom stereocenters. The second kappa shape index (κ2) is 7.14. The first-order valence-corrected chi connectivity index (χ1v) is 7.66. The van der Waals surface area contributed by atoms with Crippen molar-refractivity contribution in [1.29, 1.82) is 0 Å². The van der Waals surface area contributed by atoms with Gasteiger partial charge >= 0.3 is 5.97 Å². The Morgan fingerprint density at radius 3 is 2.64 bits per heavy atom. The molecule has 0 bridgehead atoms. The summed E-state index contributed by atoms with van der Waals surface area (Å²) in [7, 11) is 1.28. The number of benzene rings is 2. The third kappa shape index (κ3) is 3.36. The molecular weight excluding hydrogens is 322 g/mol. The first kappa shape index (κ1) is 16.7. The van der Waals surface area contributed by atoms with Gasteiger partial charge in [0.15, 0.2) is 0 Å². The van der Waals surface area contributed by atoms with Gasteiger partial charge in [-0.15, -0.1) is 0 Å². The zero-order valence-corrected chi connectivity index (χ0v) is 13.6. The van der Waals surface area contributed by atoms with Gasteiger partial charge in [0.2, 0.25) is 5.91 Å². The van der Waals surface area contributed by atoms with E-state index in [1.54, 1.807) is 28.8 Å². The second-order valence-corrected chi connectivity index (χ2v) is 5.35. The number of imidazole rings is 1. The highest BCUT2D eigenvalue weighted by Crippen LogP contribution is 2.18. The summed E-state index contributed by atoms with van der Waals surface area (Å²) in [5.74, 6) is -0.466. The Bertz CT molecular complexity index is 933. The van der Waals surface area contributed by atoms with E-state index in [0.717, 1.165) is 5.52 Å². The minimum Gasteiger partial charge on any atom is -0.465 e. The van der Waals surface area contributed by atoms with Crippen LogP contribution in [-0.4, -0.2) is 33.6 Å². The van der Waals surface area contributed by atoms with E-state index < -0.39 is 5.97 Å². The van der Waals surface area contributed by atoms with Gasteiger partial charge in [0.05, 0.1) is 29.4 Å². The van der Waals surface area contributed by atoms with Crippen molar-refractivity contribution in [3.05, 3.63) is 59.9 Å². The quantitative estimate of drug-likeness (QED) is 0.693. The van der Waals surface area contributed by atoms with Gasteiger partial charge in [0.25, 0.3) is 0 Å². The van der Waals surface area contributed by atoms with Gasteiger partial charge < -0.3 is 19.7 Å². The van der Waals surface area contributed by atoms with Crippen LogP contribution in [-0.2, 0) is 22.7 Å². The molecule has 0 aliphatic rings. The fourth-order valence-electron chi connectivity index (χ4n) is 2.64. The van der Waals surface area contributed by atoms with Gasteiger partial charge in [-0.05, 0) is 24.3 Å². The Kier molecular flexibility index (Phi) is 4.76. The molecule has 0 fully saturated rings. The number of para-hydroxylation sites is 3. The number of amides is 1. The largest absolute Gasteiger partial charge is 0.465 e. The lowest BCUT2D eigenvalue weighted by atomic mass is 10.2. The molecule has 1 heterocycles. The van der Waals surface area contributed by atoms with E-state index in [2.05, 4.69) is 10.3 Å². The number of aliphatic hydroxyl groups excluding tert-OH is 1. The molecule has 0 aliphatic heterocycles. The van der Waals surface area contributed by atoms with Gasteiger partial charge in [0, 0.05) is 0 Å². The summed E-state index contributed by atoms with van der Waals surface area (Å²) in [5, 5.41) is 12.2. The summed E-state index contributed by atoms with van der Waals surface area (Å²) in [6.07, 6.45) is 0. The number of rotatable bonds is 5. The summed E-state index contributed by atoms with van der Waals surface area (Å²) in [4.78, 5) is 28.6. The Balaban J connectivity index is 1.86. The lowest BCUT2D eigenvalue weighted by Crippen LogP contribution is -2.21. The Hall–Kier alpha value is -3.19. The average Bonchev–Trinajstić information content (AvgIpc) is 2.99. The lowest BCUT2D eigenvalue weighted by Gasteiger charge is -2.11. The molecule has 25 heavy (non-hydrogen) atoms. The average molecular weight is 339 g/mol. The lowest BCUT2D eigenvalue weighted by molar-refractivity contribution is -0.116. The maximum absolute atomic E-state index is 12.5. The number of methoxy groups -OCH3 is 1. The van der Waals surface area contributed by atoms with E-state index >= 15 is 0 Å². The van der Waals surface area contributed by atoms with Crippen LogP contribution in [0, 0.1) is 0 Å². The van der Waals surface area contributed by atoms with Crippen LogP contribution in [0.5, 0.6) is 0 Å². The maximum Gasteiger partial charge on any atom is 0.339 e. The van der Waals surface area contributed by atoms with E-state index in [1.807, 2.05) is 24.3 Å². The van der Waals surface area contributed by atoms with Crippen molar-refractivity contribution in [2.24, 2.45) is 0 Å². The van der Waals surface area contributed by atoms with Gasteiger partial charge in [-0.1, -0.05) is 24.3 Å². The third-order valence-electron chi connectivity index (χ3n) is 3.78. The van der Waals surface area contributed by atoms with Gasteiger partial charge in [0.1, 0.15) is 19.0 Å². The zero-order valence-electron chi connectivity index (χ0n) is 13.6. The van der Waals surface area contributed by atoms with Crippen LogP contribution in [0.25, 0.3) is 11.0 Å². The molecule has 0 saturated heterocycles. The predicted molar refractivity (Wildman–Crippen MR) is 92.1 cm³/mol. The topological polar surface area (TPSA) is 93.5 Å². The molecule has 2 aromatic carbocycles. The molecule has 7 heteroatoms. The summed E-state index contributed by atoms with van der Waals surface area (Å²) in [5.41, 5.74) is 2.10. The molecule has 0 spiro atoms. The minimum absolute atomic E-state index is 0.0358. The summed E-state index contributed by atoms with van der Waals surface area (Å²) in [6.45, 7) is -0.313. The highest BCUT2D eigenvalue weighted by molar-refractivity contribution is 6.01. The first-order chi connectivity index (χ1) is 12.1. The second-order valence-electron chi connectivity index (χ2n) is 5.35. The van der Waals surface area contributed by atoms with Crippen LogP contribution in [0.4, 0.5) is 5.69 Å². The molecule has 0 saturated carbocycles. The predicted octanol–water partition coefficient (Wildman–Crippen LogP) is 1.95. The van der Waals surface area contributed by atoms with Gasteiger partial charge in [-0.3, -0.25) is 4.79 Å². The number of aromatic nitrogens is 2. The Labute approximate surface area is 143 Å². The number of hydrogen-bond donors (Lipinski definition) is 2. The van der Waals surface area contributed by atoms with Crippen LogP contribution >= 0.6 is 0 Å². The molecule has 7 nitrogen and oxygen atoms in total. The van der Waals surface area contributed by atoms with Crippen LogP contribution in [0.3, 0.4) is 0 Å². The van der Waals surface area contributed by atoms with Crippen molar-refractivity contribution in [3.63, 3.8) is 0 Å². The standard InChI is InChI=1S/C18H17N3O4/c1-25-18(24)12-6-2-3-7-13(12)20-17(23)10-21-15-9-5-4-8-14(15)19-16(21)11-22/h2-9,22H,10-11H2,1H3,(H,20,23). The van der Waals surface area contributed by atoms with Crippen molar-refractivity contribution in [2.75, 3.05) is 12.4 Å². The zero-order chi connectivity index (χ0) is 17.8. The molecule has 0 unspecified atom stereocenters. The van der Waals surface area contributed by atoms with Crippen LogP contribution < -0.4 is 5.32 Å². The number of hydrogen-bond acceptors (Lipinski definition) is 5. The van der Waals surface area contributed by atoms with E-state index in [-0.39, 0.29) is 24.6 Å². The van der Waals surface area contributed by atoms with Crippen molar-refractivity contribution in [2.45, 2.75) is 13.2 Å². The normalized spacial score (nSPS) is 10.6. The summed E-state index contributed by atoms with van der Waals surface area (Å²) in [6, 6.07) is 13.9. The van der Waals surface area contributed by atoms with E-state index in [1.165, 1.54) is 7.11 Å². The molecule has 0 radical (unpaired) electrons. The van der Waals surface area contributed by atoms with Crippen molar-refractivity contribution in [1.82, 2.24) is 9.55 Å². The molecule has 0 aliphatic carbocycles. The molecule has 3 aromatic rings. The fourth-order valence-corrected chi connectivity index (χ4v) is 2.64. The highest BCUT2D eigenvalue weighted by Gasteiger charge is 2.16. The number of esters is 1. The van der Waals surface area contributed by atoms with Crippen LogP contribution in [0.2, 0.25) is 0 Å². The van der Waals surface area contributed by atoms with E-state index in [0.29, 0.717) is 17.0 Å². The monoisotopic (exact) mass is 339 g/mol. The van der Waals surface area contributed by atoms with E-state index in [9.17, 15) is 14.7 Å². The third-order valence-corrected chi connectivity index (χ3v) is 3.78. The van der Waals surface area contributed by atoms with Gasteiger partial charge in [-0.2, -0.15) is 0 Å². The maximum atomic E-state index is 12.5. The summed E-state index contributed by atoms with van der Waals surface area (Å²) >= 11 is 0. The van der Waals surface area contributed by atoms with Crippen LogP contribution in [0.15, 0.2) is 48.5 Å². The van der Waals surface area contributed by atoms with Gasteiger partial charge in [-0.25, -0.2) is 9.78 Å². The molecular formula is C18H17N3O4. The summed E-state index contributed by atoms with van der Waals surface area (Å²) < 4.78 is 6.36. The number of carbonyl (C=O) groups excluding carboxylic acids is 2. The molecule has 3 rings (SSSR count). The first-order valence-electron chi connectivity index (χ1n) is 7.66. The minimum atomic E-state index is -0.528. The fraction of sp³-hybridized carbons (Fsp3) is 0.167. The number of anilines is 1. The molecule has 2 N–H and O–H groups in total. The number of nitrogens with one attached hydrogen (secondary N) is 1. The smallest absolute Gasteiger partial charge is 0.339 e.